The minimum absolute atomic E-state index is 0.00536. The number of nitrogens with zero attached hydrogens (tertiary/aromatic N) is 1. The molecule has 3 rings (SSSR count). The number of rotatable bonds is 2. The molecule has 20 heavy (non-hydrogen) atoms. The average molecular weight is 275 g/mol. The van der Waals surface area contributed by atoms with E-state index in [4.69, 9.17) is 4.74 Å². The zero-order valence-corrected chi connectivity index (χ0v) is 11.3. The number of carboxylic acids is 1. The van der Waals surface area contributed by atoms with Gasteiger partial charge in [-0.2, -0.15) is 0 Å². The maximum Gasteiger partial charge on any atom is 0.326 e. The summed E-state index contributed by atoms with van der Waals surface area (Å²) in [4.78, 5) is 25.3. The average Bonchev–Trinajstić information content (AvgIpc) is 3.02. The molecule has 5 nitrogen and oxygen atoms in total. The third kappa shape index (κ3) is 2.08. The summed E-state index contributed by atoms with van der Waals surface area (Å²) < 4.78 is 5.33. The smallest absolute Gasteiger partial charge is 0.326 e. The van der Waals surface area contributed by atoms with Gasteiger partial charge in [0.2, 0.25) is 0 Å². The molecule has 2 heterocycles. The minimum atomic E-state index is -0.923. The predicted octanol–water partition coefficient (Wildman–Crippen LogP) is 1.65. The molecule has 1 aromatic carbocycles. The molecule has 5 heteroatoms. The number of carboxylic acid groups (broad SMARTS) is 1. The fourth-order valence-corrected chi connectivity index (χ4v) is 3.02. The van der Waals surface area contributed by atoms with Gasteiger partial charge in [0.05, 0.1) is 13.2 Å². The Balaban J connectivity index is 1.87. The highest BCUT2D eigenvalue weighted by atomic mass is 16.5. The molecule has 1 fully saturated rings. The summed E-state index contributed by atoms with van der Waals surface area (Å²) in [7, 11) is 0. The van der Waals surface area contributed by atoms with Gasteiger partial charge < -0.3 is 14.7 Å². The molecule has 0 bridgehead atoms. The second-order valence-corrected chi connectivity index (χ2v) is 5.52. The normalized spacial score (nSPS) is 24.8. The van der Waals surface area contributed by atoms with Crippen molar-refractivity contribution in [2.75, 3.05) is 6.54 Å². The van der Waals surface area contributed by atoms with Crippen LogP contribution in [-0.2, 0) is 22.7 Å². The molecule has 0 spiro atoms. The Morgan fingerprint density at radius 3 is 2.80 bits per heavy atom. The largest absolute Gasteiger partial charge is 0.480 e. The second kappa shape index (κ2) is 4.90. The first-order valence-electron chi connectivity index (χ1n) is 6.81. The molecule has 1 aromatic rings. The Hall–Kier alpha value is -1.88. The van der Waals surface area contributed by atoms with E-state index in [0.29, 0.717) is 25.3 Å². The maximum absolute atomic E-state index is 12.5. The molecule has 1 amide bonds. The van der Waals surface area contributed by atoms with Crippen molar-refractivity contribution in [2.24, 2.45) is 5.92 Å². The van der Waals surface area contributed by atoms with E-state index in [1.54, 1.807) is 6.07 Å². The van der Waals surface area contributed by atoms with Crippen molar-refractivity contribution in [3.8, 4) is 0 Å². The van der Waals surface area contributed by atoms with Gasteiger partial charge in [-0.1, -0.05) is 13.0 Å². The Labute approximate surface area is 117 Å². The van der Waals surface area contributed by atoms with Crippen molar-refractivity contribution >= 4 is 11.9 Å². The molecule has 2 aliphatic heterocycles. The number of aliphatic carboxylic acids is 1. The van der Waals surface area contributed by atoms with E-state index in [1.165, 1.54) is 4.90 Å². The van der Waals surface area contributed by atoms with E-state index in [-0.39, 0.29) is 11.8 Å². The molecule has 2 atom stereocenters. The van der Waals surface area contributed by atoms with E-state index in [0.717, 1.165) is 17.5 Å². The molecule has 2 aliphatic rings. The summed E-state index contributed by atoms with van der Waals surface area (Å²) in [6.07, 6.45) is 0.733. The van der Waals surface area contributed by atoms with E-state index in [2.05, 4.69) is 0 Å². The van der Waals surface area contributed by atoms with Crippen molar-refractivity contribution in [1.82, 2.24) is 4.90 Å². The van der Waals surface area contributed by atoms with Crippen LogP contribution in [0.5, 0.6) is 0 Å². The van der Waals surface area contributed by atoms with Crippen molar-refractivity contribution in [3.05, 3.63) is 34.9 Å². The van der Waals surface area contributed by atoms with E-state index < -0.39 is 12.0 Å². The monoisotopic (exact) mass is 275 g/mol. The molecule has 106 valence electrons. The molecule has 2 unspecified atom stereocenters. The Morgan fingerprint density at radius 1 is 1.30 bits per heavy atom. The van der Waals surface area contributed by atoms with Crippen LogP contribution in [0.25, 0.3) is 0 Å². The van der Waals surface area contributed by atoms with Crippen LogP contribution in [0.1, 0.15) is 34.8 Å². The number of amides is 1. The highest BCUT2D eigenvalue weighted by Crippen LogP contribution is 2.27. The van der Waals surface area contributed by atoms with Gasteiger partial charge >= 0.3 is 5.97 Å². The molecule has 0 saturated carbocycles. The van der Waals surface area contributed by atoms with Gasteiger partial charge in [-0.05, 0) is 35.6 Å². The summed E-state index contributed by atoms with van der Waals surface area (Å²) in [6, 6.07) is 4.77. The standard InChI is InChI=1S/C15H17NO4/c1-9-4-5-16(13(9)15(18)19)14(17)10-2-3-11-7-20-8-12(11)6-10/h2-3,6,9,13H,4-5,7-8H2,1H3,(H,18,19). The number of hydrogen-bond donors (Lipinski definition) is 1. The van der Waals surface area contributed by atoms with E-state index in [1.807, 2.05) is 19.1 Å². The van der Waals surface area contributed by atoms with Crippen LogP contribution in [0.3, 0.4) is 0 Å². The third-order valence-corrected chi connectivity index (χ3v) is 4.18. The van der Waals surface area contributed by atoms with Crippen molar-refractivity contribution in [2.45, 2.75) is 32.6 Å². The number of likely N-dealkylation sites (tertiary alicyclic amines) is 1. The quantitative estimate of drug-likeness (QED) is 0.891. The number of ether oxygens (including phenoxy) is 1. The number of fused-ring (bicyclic) bond motifs is 1. The van der Waals surface area contributed by atoms with Crippen LogP contribution < -0.4 is 0 Å². The third-order valence-electron chi connectivity index (χ3n) is 4.18. The zero-order valence-electron chi connectivity index (χ0n) is 11.3. The minimum Gasteiger partial charge on any atom is -0.480 e. The number of carbonyl (C=O) groups is 2. The van der Waals surface area contributed by atoms with Gasteiger partial charge in [-0.3, -0.25) is 4.79 Å². The van der Waals surface area contributed by atoms with Crippen LogP contribution in [0, 0.1) is 5.92 Å². The molecule has 1 saturated heterocycles. The zero-order chi connectivity index (χ0) is 14.3. The lowest BCUT2D eigenvalue weighted by Crippen LogP contribution is -2.42. The molecule has 1 N–H and O–H groups in total. The van der Waals surface area contributed by atoms with Crippen LogP contribution in [0.2, 0.25) is 0 Å². The van der Waals surface area contributed by atoms with Crippen LogP contribution in [0.15, 0.2) is 18.2 Å². The maximum atomic E-state index is 12.5. The summed E-state index contributed by atoms with van der Waals surface area (Å²) >= 11 is 0. The highest BCUT2D eigenvalue weighted by molar-refractivity contribution is 5.97. The van der Waals surface area contributed by atoms with E-state index >= 15 is 0 Å². The van der Waals surface area contributed by atoms with Crippen molar-refractivity contribution in [3.63, 3.8) is 0 Å². The Kier molecular flexibility index (Phi) is 3.22. The molecular weight excluding hydrogens is 258 g/mol. The number of carbonyl (C=O) groups excluding carboxylic acids is 1. The summed E-state index contributed by atoms with van der Waals surface area (Å²) in [5, 5.41) is 9.29. The first kappa shape index (κ1) is 13.1. The fraction of sp³-hybridized carbons (Fsp3) is 0.467. The summed E-state index contributed by atoms with van der Waals surface area (Å²) in [6.45, 7) is 3.49. The lowest BCUT2D eigenvalue weighted by Gasteiger charge is -2.23. The first-order chi connectivity index (χ1) is 9.58. The number of hydrogen-bond acceptors (Lipinski definition) is 3. The Bertz CT molecular complexity index is 569. The van der Waals surface area contributed by atoms with Gasteiger partial charge in [0.25, 0.3) is 5.91 Å². The van der Waals surface area contributed by atoms with Gasteiger partial charge in [-0.15, -0.1) is 0 Å². The predicted molar refractivity (Wildman–Crippen MR) is 71.2 cm³/mol. The van der Waals surface area contributed by atoms with Gasteiger partial charge in [-0.25, -0.2) is 4.79 Å². The van der Waals surface area contributed by atoms with E-state index in [9.17, 15) is 14.7 Å². The lowest BCUT2D eigenvalue weighted by molar-refractivity contribution is -0.142. The molecule has 0 radical (unpaired) electrons. The topological polar surface area (TPSA) is 66.8 Å². The van der Waals surface area contributed by atoms with Crippen LogP contribution in [0.4, 0.5) is 0 Å². The first-order valence-corrected chi connectivity index (χ1v) is 6.81. The summed E-state index contributed by atoms with van der Waals surface area (Å²) in [5.41, 5.74) is 2.68. The van der Waals surface area contributed by atoms with Gasteiger partial charge in [0.15, 0.2) is 0 Å². The highest BCUT2D eigenvalue weighted by Gasteiger charge is 2.39. The SMILES string of the molecule is CC1CCN(C(=O)c2ccc3c(c2)COC3)C1C(=O)O. The van der Waals surface area contributed by atoms with Crippen LogP contribution in [-0.4, -0.2) is 34.5 Å². The molecule has 0 aromatic heterocycles. The lowest BCUT2D eigenvalue weighted by atomic mass is 10.0. The van der Waals surface area contributed by atoms with Crippen molar-refractivity contribution in [1.29, 1.82) is 0 Å². The van der Waals surface area contributed by atoms with Crippen LogP contribution >= 0.6 is 0 Å². The fourth-order valence-electron chi connectivity index (χ4n) is 3.02. The van der Waals surface area contributed by atoms with Gasteiger partial charge in [0, 0.05) is 12.1 Å². The second-order valence-electron chi connectivity index (χ2n) is 5.52. The number of benzene rings is 1. The van der Waals surface area contributed by atoms with Crippen molar-refractivity contribution < 1.29 is 19.4 Å². The molecule has 0 aliphatic carbocycles. The Morgan fingerprint density at radius 2 is 2.05 bits per heavy atom. The molecular formula is C15H17NO4. The van der Waals surface area contributed by atoms with Gasteiger partial charge in [0.1, 0.15) is 6.04 Å². The summed E-state index contributed by atoms with van der Waals surface area (Å²) in [5.74, 6) is -1.13.